The molecule has 2 heterocycles. The van der Waals surface area contributed by atoms with Gasteiger partial charge in [0.05, 0.1) is 12.7 Å². The predicted octanol–water partition coefficient (Wildman–Crippen LogP) is 0.104. The molecule has 16 heteroatoms. The highest BCUT2D eigenvalue weighted by molar-refractivity contribution is 7.62. The molecule has 4 atom stereocenters. The number of nitrogens with zero attached hydrogens (tertiary/aromatic N) is 1. The second kappa shape index (κ2) is 9.09. The Balaban J connectivity index is 1.90. The number of phosphoric acid groups is 1. The average Bonchev–Trinajstić information content (AvgIpc) is 2.96. The zero-order valence-electron chi connectivity index (χ0n) is 13.3. The fourth-order valence-electron chi connectivity index (χ4n) is 2.18. The number of rotatable bonds is 8. The Bertz CT molecular complexity index is 780. The Morgan fingerprint density at radius 3 is 2.73 bits per heavy atom. The lowest BCUT2D eigenvalue weighted by Crippen LogP contribution is -2.33. The maximum Gasteiger partial charge on any atom is 0.479 e. The number of hydrogen-bond acceptors (Lipinski definition) is 10. The molecule has 1 saturated heterocycles. The van der Waals surface area contributed by atoms with E-state index in [4.69, 9.17) is 19.4 Å². The van der Waals surface area contributed by atoms with Gasteiger partial charge in [0, 0.05) is 11.8 Å². The Morgan fingerprint density at radius 1 is 1.38 bits per heavy atom. The first-order valence-corrected chi connectivity index (χ1v) is 10.9. The van der Waals surface area contributed by atoms with Crippen molar-refractivity contribution in [3.8, 4) is 0 Å². The minimum Gasteiger partial charge on any atom is -0.352 e. The average molecular weight is 434 g/mol. The molecular weight excluding hydrogens is 417 g/mol. The van der Waals surface area contributed by atoms with E-state index in [2.05, 4.69) is 18.1 Å². The molecule has 148 valence electrons. The molecule has 0 radical (unpaired) electrons. The topological polar surface area (TPSA) is 190 Å². The number of H-pyrrole nitrogens is 1. The monoisotopic (exact) mass is 434 g/mol. The highest BCUT2D eigenvalue weighted by atomic mass is 31.3. The van der Waals surface area contributed by atoms with Gasteiger partial charge in [0.15, 0.2) is 0 Å². The van der Waals surface area contributed by atoms with Crippen LogP contribution in [0, 0.1) is 6.92 Å². The largest absolute Gasteiger partial charge is 0.479 e. The van der Waals surface area contributed by atoms with Gasteiger partial charge in [-0.15, -0.1) is 0 Å². The third-order valence-electron chi connectivity index (χ3n) is 3.28. The molecule has 1 aromatic rings. The third-order valence-corrected chi connectivity index (χ3v) is 6.28. The van der Waals surface area contributed by atoms with E-state index in [1.165, 1.54) is 17.7 Å². The first-order chi connectivity index (χ1) is 12.1. The van der Waals surface area contributed by atoms with Gasteiger partial charge in [-0.25, -0.2) is 18.0 Å². The molecule has 0 spiro atoms. The lowest BCUT2D eigenvalue weighted by Gasteiger charge is -2.18. The van der Waals surface area contributed by atoms with Crippen LogP contribution >= 0.6 is 25.0 Å². The van der Waals surface area contributed by atoms with Gasteiger partial charge in [-0.1, -0.05) is 0 Å². The highest BCUT2D eigenvalue weighted by Gasteiger charge is 2.33. The molecule has 0 aliphatic carbocycles. The summed E-state index contributed by atoms with van der Waals surface area (Å²) < 4.78 is 31.3. The molecule has 2 unspecified atom stereocenters. The van der Waals surface area contributed by atoms with Crippen molar-refractivity contribution in [2.45, 2.75) is 32.1 Å². The van der Waals surface area contributed by atoms with Crippen LogP contribution in [-0.2, 0) is 22.4 Å². The van der Waals surface area contributed by atoms with Gasteiger partial charge in [-0.2, -0.15) is 0 Å². The van der Waals surface area contributed by atoms with Gasteiger partial charge in [0.1, 0.15) is 6.23 Å². The van der Waals surface area contributed by atoms with Crippen molar-refractivity contribution >= 4 is 25.0 Å². The molecule has 2 rings (SSSR count). The van der Waals surface area contributed by atoms with Crippen molar-refractivity contribution in [3.63, 3.8) is 0 Å². The van der Waals surface area contributed by atoms with Crippen LogP contribution in [0.5, 0.6) is 0 Å². The van der Waals surface area contributed by atoms with Crippen LogP contribution in [0.2, 0.25) is 0 Å². The van der Waals surface area contributed by atoms with Crippen molar-refractivity contribution in [1.82, 2.24) is 9.55 Å². The van der Waals surface area contributed by atoms with Crippen LogP contribution < -0.4 is 11.2 Å². The minimum absolute atomic E-state index is 0.324. The van der Waals surface area contributed by atoms with E-state index < -0.39 is 55.2 Å². The fraction of sp³-hybridized carbons (Fsp3) is 0.600. The van der Waals surface area contributed by atoms with E-state index >= 15 is 0 Å². The summed E-state index contributed by atoms with van der Waals surface area (Å²) in [4.78, 5) is 60.9. The van der Waals surface area contributed by atoms with Crippen molar-refractivity contribution in [2.24, 2.45) is 0 Å². The summed E-state index contributed by atoms with van der Waals surface area (Å²) in [7, 11) is -10.7. The maximum atomic E-state index is 11.8. The lowest BCUT2D eigenvalue weighted by molar-refractivity contribution is -0.0241. The number of aryl methyl sites for hydroxylation is 1. The Labute approximate surface area is 148 Å². The molecule has 0 bridgehead atoms. The number of nitrogens with one attached hydrogen (secondary N) is 1. The van der Waals surface area contributed by atoms with E-state index in [1.54, 1.807) is 0 Å². The number of hydrogen-bond donors (Lipinski definition) is 5. The third kappa shape index (κ3) is 6.26. The SMILES string of the molecule is Cc1cn([C@H]2CC[C@@H](COP(=O)(O)OP(O)OP(O)O)O2)c(=O)[nH]c1=O. The van der Waals surface area contributed by atoms with Crippen LogP contribution in [0.4, 0.5) is 0 Å². The fourth-order valence-corrected chi connectivity index (χ4v) is 4.32. The molecule has 1 fully saturated rings. The first-order valence-electron chi connectivity index (χ1n) is 7.07. The maximum absolute atomic E-state index is 11.8. The molecule has 5 N–H and O–H groups in total. The highest BCUT2D eigenvalue weighted by Crippen LogP contribution is 2.59. The lowest BCUT2D eigenvalue weighted by atomic mass is 10.2. The first kappa shape index (κ1) is 21.7. The van der Waals surface area contributed by atoms with Crippen LogP contribution in [0.15, 0.2) is 15.8 Å². The molecule has 0 saturated carbocycles. The van der Waals surface area contributed by atoms with E-state index in [9.17, 15) is 19.0 Å². The summed E-state index contributed by atoms with van der Waals surface area (Å²) in [5, 5.41) is 0. The second-order valence-corrected chi connectivity index (χ2v) is 8.67. The minimum atomic E-state index is -4.73. The van der Waals surface area contributed by atoms with E-state index in [1.807, 2.05) is 0 Å². The van der Waals surface area contributed by atoms with Gasteiger partial charge in [-0.3, -0.25) is 18.9 Å². The zero-order chi connectivity index (χ0) is 19.5. The Kier molecular flexibility index (Phi) is 7.61. The normalized spacial score (nSPS) is 23.9. The smallest absolute Gasteiger partial charge is 0.352 e. The van der Waals surface area contributed by atoms with Crippen LogP contribution in [0.25, 0.3) is 0 Å². The molecule has 0 aromatic carbocycles. The number of ether oxygens (including phenoxy) is 1. The van der Waals surface area contributed by atoms with Crippen LogP contribution in [0.3, 0.4) is 0 Å². The van der Waals surface area contributed by atoms with E-state index in [-0.39, 0.29) is 0 Å². The molecule has 1 aliphatic rings. The number of phosphoric ester groups is 1. The summed E-state index contributed by atoms with van der Waals surface area (Å²) in [6.07, 6.45) is 0.801. The summed E-state index contributed by atoms with van der Waals surface area (Å²) >= 11 is 0. The summed E-state index contributed by atoms with van der Waals surface area (Å²) in [6, 6.07) is 0. The van der Waals surface area contributed by atoms with E-state index in [0.29, 0.717) is 18.4 Å². The second-order valence-electron chi connectivity index (χ2n) is 5.19. The summed E-state index contributed by atoms with van der Waals surface area (Å²) in [6.45, 7) is 1.14. The number of aromatic nitrogens is 2. The number of aromatic amines is 1. The molecule has 1 aliphatic heterocycles. The Hall–Kier alpha value is -0.550. The van der Waals surface area contributed by atoms with E-state index in [0.717, 1.165) is 0 Å². The molecule has 1 aromatic heterocycles. The van der Waals surface area contributed by atoms with Gasteiger partial charge in [0.2, 0.25) is 0 Å². The van der Waals surface area contributed by atoms with Crippen molar-refractivity contribution in [3.05, 3.63) is 32.6 Å². The Morgan fingerprint density at radius 2 is 2.08 bits per heavy atom. The summed E-state index contributed by atoms with van der Waals surface area (Å²) in [5.74, 6) is 0. The van der Waals surface area contributed by atoms with Gasteiger partial charge < -0.3 is 24.3 Å². The zero-order valence-corrected chi connectivity index (χ0v) is 16.0. The molecule has 0 amide bonds. The van der Waals surface area contributed by atoms with Gasteiger partial charge in [0.25, 0.3) is 5.56 Å². The van der Waals surface area contributed by atoms with Crippen molar-refractivity contribution in [1.29, 1.82) is 0 Å². The van der Waals surface area contributed by atoms with Crippen LogP contribution in [0.1, 0.15) is 24.6 Å². The molecular formula is C10H17N2O11P3. The van der Waals surface area contributed by atoms with Crippen molar-refractivity contribution in [2.75, 3.05) is 6.61 Å². The van der Waals surface area contributed by atoms with Crippen LogP contribution in [-0.4, -0.2) is 41.8 Å². The van der Waals surface area contributed by atoms with Gasteiger partial charge >= 0.3 is 30.7 Å². The molecule has 13 nitrogen and oxygen atoms in total. The summed E-state index contributed by atoms with van der Waals surface area (Å²) in [5.41, 5.74) is -0.819. The van der Waals surface area contributed by atoms with Crippen molar-refractivity contribution < 1.29 is 42.0 Å². The quantitative estimate of drug-likeness (QED) is 0.349. The predicted molar refractivity (Wildman–Crippen MR) is 87.6 cm³/mol. The van der Waals surface area contributed by atoms with Gasteiger partial charge in [-0.05, 0) is 19.8 Å². The molecule has 26 heavy (non-hydrogen) atoms. The standard InChI is InChI=1S/C10H17N2O11P3/c1-6-4-12(10(14)11-9(6)13)8-3-2-7(21-8)5-20-26(18,19)23-25(17)22-24(15)16/h4,7-8,15-17H,2-3,5H2,1H3,(H,18,19)(H,11,13,14)/t7-,8+,25?/m0/s1.